The van der Waals surface area contributed by atoms with Crippen LogP contribution < -0.4 is 10.1 Å². The number of aryl methyl sites for hydroxylation is 2. The van der Waals surface area contributed by atoms with Crippen LogP contribution in [-0.2, 0) is 4.79 Å². The minimum Gasteiger partial charge on any atom is -0.483 e. The molecule has 0 fully saturated rings. The fourth-order valence-electron chi connectivity index (χ4n) is 3.37. The van der Waals surface area contributed by atoms with Crippen molar-refractivity contribution in [2.75, 3.05) is 11.9 Å². The molecule has 31 heavy (non-hydrogen) atoms. The summed E-state index contributed by atoms with van der Waals surface area (Å²) < 4.78 is 5.79. The molecule has 0 saturated heterocycles. The van der Waals surface area contributed by atoms with Crippen LogP contribution in [0.5, 0.6) is 5.75 Å². The van der Waals surface area contributed by atoms with Crippen LogP contribution in [0.4, 0.5) is 5.13 Å². The second kappa shape index (κ2) is 9.14. The summed E-state index contributed by atoms with van der Waals surface area (Å²) in [5, 5.41) is 5.35. The van der Waals surface area contributed by atoms with Gasteiger partial charge in [-0.3, -0.25) is 10.1 Å². The molecule has 0 spiro atoms. The Labute approximate surface area is 186 Å². The number of carbonyl (C=O) groups excluding carboxylic acids is 1. The molecular formula is C26H24N2O2S. The van der Waals surface area contributed by atoms with Gasteiger partial charge in [0.05, 0.1) is 5.69 Å². The van der Waals surface area contributed by atoms with Crippen LogP contribution in [0.1, 0.15) is 16.7 Å². The molecule has 0 bridgehead atoms. The van der Waals surface area contributed by atoms with Crippen LogP contribution in [0.15, 0.2) is 72.1 Å². The molecule has 1 N–H and O–H groups in total. The number of aromatic nitrogens is 1. The summed E-state index contributed by atoms with van der Waals surface area (Å²) in [6, 6.07) is 22.6. The van der Waals surface area contributed by atoms with Crippen LogP contribution in [0.2, 0.25) is 0 Å². The largest absolute Gasteiger partial charge is 0.483 e. The van der Waals surface area contributed by atoms with E-state index in [2.05, 4.69) is 52.8 Å². The smallest absolute Gasteiger partial charge is 0.264 e. The molecule has 5 heteroatoms. The second-order valence-corrected chi connectivity index (χ2v) is 8.33. The minimum absolute atomic E-state index is 0.0498. The molecule has 0 aliphatic heterocycles. The van der Waals surface area contributed by atoms with E-state index in [-0.39, 0.29) is 12.5 Å². The molecule has 4 nitrogen and oxygen atoms in total. The van der Waals surface area contributed by atoms with Crippen molar-refractivity contribution in [3.63, 3.8) is 0 Å². The Balaban J connectivity index is 1.39. The van der Waals surface area contributed by atoms with Crippen molar-refractivity contribution in [3.05, 3.63) is 88.8 Å². The molecule has 4 aromatic rings. The summed E-state index contributed by atoms with van der Waals surface area (Å²) in [5.74, 6) is 0.550. The number of rotatable bonds is 6. The van der Waals surface area contributed by atoms with Crippen LogP contribution in [0, 0.1) is 20.8 Å². The number of anilines is 1. The fraction of sp³-hybridized carbons (Fsp3) is 0.154. The number of hydrogen-bond acceptors (Lipinski definition) is 4. The lowest BCUT2D eigenvalue weighted by Gasteiger charge is -2.13. The number of carbonyl (C=O) groups is 1. The average Bonchev–Trinajstić information content (AvgIpc) is 3.25. The first kappa shape index (κ1) is 20.8. The highest BCUT2D eigenvalue weighted by molar-refractivity contribution is 7.14. The topological polar surface area (TPSA) is 51.2 Å². The van der Waals surface area contributed by atoms with Gasteiger partial charge in [0.25, 0.3) is 5.91 Å². The highest BCUT2D eigenvalue weighted by Gasteiger charge is 2.12. The van der Waals surface area contributed by atoms with Gasteiger partial charge < -0.3 is 4.74 Å². The molecule has 0 atom stereocenters. The van der Waals surface area contributed by atoms with Crippen molar-refractivity contribution in [2.24, 2.45) is 0 Å². The Morgan fingerprint density at radius 1 is 0.871 bits per heavy atom. The molecule has 156 valence electrons. The molecule has 3 aromatic carbocycles. The molecule has 0 aliphatic carbocycles. The number of amides is 1. The number of ether oxygens (including phenoxy) is 1. The van der Waals surface area contributed by atoms with Crippen LogP contribution in [0.3, 0.4) is 0 Å². The third kappa shape index (κ3) is 4.84. The van der Waals surface area contributed by atoms with E-state index in [9.17, 15) is 4.79 Å². The normalized spacial score (nSPS) is 10.7. The van der Waals surface area contributed by atoms with Gasteiger partial charge in [0, 0.05) is 10.9 Å². The molecule has 0 radical (unpaired) electrons. The van der Waals surface area contributed by atoms with Crippen molar-refractivity contribution in [1.29, 1.82) is 0 Å². The van der Waals surface area contributed by atoms with Crippen molar-refractivity contribution in [3.8, 4) is 28.1 Å². The van der Waals surface area contributed by atoms with Crippen molar-refractivity contribution < 1.29 is 9.53 Å². The fourth-order valence-corrected chi connectivity index (χ4v) is 4.10. The SMILES string of the molecule is Cc1ccc(C)c(OCC(=O)Nc2nc(-c3ccc(-c4ccccc4)cc3)cs2)c1C. The van der Waals surface area contributed by atoms with Crippen LogP contribution in [0.25, 0.3) is 22.4 Å². The van der Waals surface area contributed by atoms with Crippen LogP contribution >= 0.6 is 11.3 Å². The van der Waals surface area contributed by atoms with E-state index in [1.165, 1.54) is 16.9 Å². The van der Waals surface area contributed by atoms with Gasteiger partial charge in [-0.2, -0.15) is 0 Å². The highest BCUT2D eigenvalue weighted by atomic mass is 32.1. The van der Waals surface area contributed by atoms with E-state index in [0.717, 1.165) is 39.3 Å². The Bertz CT molecular complexity index is 1200. The standard InChI is InChI=1S/C26H24N2O2S/c1-17-9-10-18(2)25(19(17)3)30-15-24(29)28-26-27-23(16-31-26)22-13-11-21(12-14-22)20-7-5-4-6-8-20/h4-14,16H,15H2,1-3H3,(H,27,28,29). The number of nitrogens with one attached hydrogen (secondary N) is 1. The summed E-state index contributed by atoms with van der Waals surface area (Å²) in [4.78, 5) is 16.9. The number of benzene rings is 3. The Morgan fingerprint density at radius 2 is 1.52 bits per heavy atom. The number of thiazole rings is 1. The maximum Gasteiger partial charge on any atom is 0.264 e. The highest BCUT2D eigenvalue weighted by Crippen LogP contribution is 2.28. The van der Waals surface area contributed by atoms with E-state index in [0.29, 0.717) is 5.13 Å². The Kier molecular flexibility index (Phi) is 6.14. The van der Waals surface area contributed by atoms with Gasteiger partial charge in [0.1, 0.15) is 5.75 Å². The van der Waals surface area contributed by atoms with Crippen molar-refractivity contribution >= 4 is 22.4 Å². The summed E-state index contributed by atoms with van der Waals surface area (Å²) in [5.41, 5.74) is 7.41. The van der Waals surface area contributed by atoms with E-state index >= 15 is 0 Å². The zero-order valence-corrected chi connectivity index (χ0v) is 18.6. The summed E-state index contributed by atoms with van der Waals surface area (Å²) in [7, 11) is 0. The molecule has 0 saturated carbocycles. The molecule has 1 aromatic heterocycles. The quantitative estimate of drug-likeness (QED) is 0.385. The zero-order chi connectivity index (χ0) is 21.8. The predicted octanol–water partition coefficient (Wildman–Crippen LogP) is 6.42. The molecule has 0 aliphatic rings. The lowest BCUT2D eigenvalue weighted by Crippen LogP contribution is -2.20. The minimum atomic E-state index is -0.222. The number of nitrogens with zero attached hydrogens (tertiary/aromatic N) is 1. The van der Waals surface area contributed by atoms with Gasteiger partial charge in [-0.25, -0.2) is 4.98 Å². The maximum atomic E-state index is 12.4. The zero-order valence-electron chi connectivity index (χ0n) is 17.8. The molecule has 1 heterocycles. The lowest BCUT2D eigenvalue weighted by atomic mass is 10.0. The lowest BCUT2D eigenvalue weighted by molar-refractivity contribution is -0.118. The maximum absolute atomic E-state index is 12.4. The third-order valence-corrected chi connectivity index (χ3v) is 6.02. The molecule has 0 unspecified atom stereocenters. The Morgan fingerprint density at radius 3 is 2.26 bits per heavy atom. The molecule has 4 rings (SSSR count). The van der Waals surface area contributed by atoms with Crippen molar-refractivity contribution in [2.45, 2.75) is 20.8 Å². The number of hydrogen-bond donors (Lipinski definition) is 1. The van der Waals surface area contributed by atoms with Gasteiger partial charge in [-0.05, 0) is 48.6 Å². The Hall–Kier alpha value is -3.44. The first-order chi connectivity index (χ1) is 15.0. The summed E-state index contributed by atoms with van der Waals surface area (Å²) in [6.45, 7) is 5.97. The van der Waals surface area contributed by atoms with Crippen molar-refractivity contribution in [1.82, 2.24) is 4.98 Å². The molecule has 1 amide bonds. The van der Waals surface area contributed by atoms with Gasteiger partial charge in [-0.1, -0.05) is 66.7 Å². The van der Waals surface area contributed by atoms with E-state index < -0.39 is 0 Å². The summed E-state index contributed by atoms with van der Waals surface area (Å²) >= 11 is 1.41. The van der Waals surface area contributed by atoms with E-state index in [4.69, 9.17) is 4.74 Å². The van der Waals surface area contributed by atoms with Crippen LogP contribution in [-0.4, -0.2) is 17.5 Å². The first-order valence-corrected chi connectivity index (χ1v) is 11.0. The first-order valence-electron chi connectivity index (χ1n) is 10.1. The molecular weight excluding hydrogens is 404 g/mol. The summed E-state index contributed by atoms with van der Waals surface area (Å²) in [6.07, 6.45) is 0. The second-order valence-electron chi connectivity index (χ2n) is 7.47. The van der Waals surface area contributed by atoms with Gasteiger partial charge in [0.15, 0.2) is 11.7 Å². The monoisotopic (exact) mass is 428 g/mol. The predicted molar refractivity (Wildman–Crippen MR) is 128 cm³/mol. The third-order valence-electron chi connectivity index (χ3n) is 5.26. The van der Waals surface area contributed by atoms with Gasteiger partial charge >= 0.3 is 0 Å². The van der Waals surface area contributed by atoms with E-state index in [1.807, 2.05) is 50.4 Å². The van der Waals surface area contributed by atoms with E-state index in [1.54, 1.807) is 0 Å². The van der Waals surface area contributed by atoms with Gasteiger partial charge in [0.2, 0.25) is 0 Å². The van der Waals surface area contributed by atoms with Gasteiger partial charge in [-0.15, -0.1) is 11.3 Å². The average molecular weight is 429 g/mol.